The van der Waals surface area contributed by atoms with Crippen LogP contribution in [0.5, 0.6) is 0 Å². The Morgan fingerprint density at radius 3 is 3.11 bits per heavy atom. The zero-order chi connectivity index (χ0) is 13.2. The Labute approximate surface area is 119 Å². The van der Waals surface area contributed by atoms with Gasteiger partial charge in [-0.2, -0.15) is 0 Å². The standard InChI is InChI=1S/C14H24N4S/c1-17-6-2-3-11-9-18(8-5-13(11)17)7-4-12-10-19-14(15)16-12/h10-11,13H,2-9H2,1H3,(H2,15,16). The van der Waals surface area contributed by atoms with Crippen LogP contribution in [0.2, 0.25) is 0 Å². The average molecular weight is 280 g/mol. The van der Waals surface area contributed by atoms with Crippen molar-refractivity contribution in [2.75, 3.05) is 39.0 Å². The van der Waals surface area contributed by atoms with Gasteiger partial charge in [-0.05, 0) is 45.3 Å². The van der Waals surface area contributed by atoms with Crippen LogP contribution in [0.25, 0.3) is 0 Å². The van der Waals surface area contributed by atoms with Gasteiger partial charge in [0.1, 0.15) is 0 Å². The summed E-state index contributed by atoms with van der Waals surface area (Å²) in [5, 5.41) is 2.79. The van der Waals surface area contributed by atoms with Crippen LogP contribution < -0.4 is 5.73 Å². The molecule has 0 bridgehead atoms. The second kappa shape index (κ2) is 5.77. The van der Waals surface area contributed by atoms with Crippen molar-refractivity contribution in [3.63, 3.8) is 0 Å². The van der Waals surface area contributed by atoms with Crippen LogP contribution in [0, 0.1) is 5.92 Å². The molecule has 0 radical (unpaired) electrons. The Morgan fingerprint density at radius 2 is 2.32 bits per heavy atom. The number of hydrogen-bond acceptors (Lipinski definition) is 5. The summed E-state index contributed by atoms with van der Waals surface area (Å²) >= 11 is 1.55. The second-order valence-corrected chi connectivity index (χ2v) is 6.86. The highest BCUT2D eigenvalue weighted by Gasteiger charge is 2.33. The van der Waals surface area contributed by atoms with Crippen molar-refractivity contribution >= 4 is 16.5 Å². The van der Waals surface area contributed by atoms with E-state index in [1.54, 1.807) is 11.3 Å². The molecule has 3 heterocycles. The lowest BCUT2D eigenvalue weighted by atomic mass is 9.84. The van der Waals surface area contributed by atoms with Crippen LogP contribution in [0.15, 0.2) is 5.38 Å². The normalized spacial score (nSPS) is 29.3. The van der Waals surface area contributed by atoms with Crippen LogP contribution in [0.4, 0.5) is 5.13 Å². The first-order chi connectivity index (χ1) is 9.22. The summed E-state index contributed by atoms with van der Waals surface area (Å²) < 4.78 is 0. The number of nitrogens with two attached hydrogens (primary N) is 1. The molecule has 0 spiro atoms. The fraction of sp³-hybridized carbons (Fsp3) is 0.786. The largest absolute Gasteiger partial charge is 0.375 e. The summed E-state index contributed by atoms with van der Waals surface area (Å²) in [5.74, 6) is 0.882. The Morgan fingerprint density at radius 1 is 1.42 bits per heavy atom. The summed E-state index contributed by atoms with van der Waals surface area (Å²) in [6, 6.07) is 0.833. The molecule has 2 saturated heterocycles. The molecule has 1 aromatic heterocycles. The van der Waals surface area contributed by atoms with E-state index in [4.69, 9.17) is 5.73 Å². The molecular weight excluding hydrogens is 256 g/mol. The van der Waals surface area contributed by atoms with Gasteiger partial charge in [0.25, 0.3) is 0 Å². The van der Waals surface area contributed by atoms with Gasteiger partial charge in [-0.1, -0.05) is 0 Å². The first-order valence-corrected chi connectivity index (χ1v) is 8.23. The van der Waals surface area contributed by atoms with Gasteiger partial charge in [0.05, 0.1) is 5.69 Å². The third kappa shape index (κ3) is 3.09. The van der Waals surface area contributed by atoms with E-state index in [0.29, 0.717) is 5.13 Å². The third-order valence-corrected chi connectivity index (χ3v) is 5.41. The van der Waals surface area contributed by atoms with Crippen LogP contribution in [-0.2, 0) is 6.42 Å². The number of nitrogens with zero attached hydrogens (tertiary/aromatic N) is 3. The molecule has 0 saturated carbocycles. The highest BCUT2D eigenvalue weighted by molar-refractivity contribution is 7.13. The number of hydrogen-bond donors (Lipinski definition) is 1. The molecule has 3 rings (SSSR count). The predicted octanol–water partition coefficient (Wildman–Crippen LogP) is 1.68. The number of rotatable bonds is 3. The van der Waals surface area contributed by atoms with E-state index < -0.39 is 0 Å². The van der Waals surface area contributed by atoms with Gasteiger partial charge < -0.3 is 15.5 Å². The number of aromatic nitrogens is 1. The minimum absolute atomic E-state index is 0.697. The minimum atomic E-state index is 0.697. The SMILES string of the molecule is CN1CCCC2CN(CCc3csc(N)n3)CCC21. The molecule has 4 nitrogen and oxygen atoms in total. The van der Waals surface area contributed by atoms with Crippen molar-refractivity contribution in [3.8, 4) is 0 Å². The van der Waals surface area contributed by atoms with E-state index in [1.807, 2.05) is 0 Å². The number of nitrogen functional groups attached to an aromatic ring is 1. The van der Waals surface area contributed by atoms with E-state index in [2.05, 4.69) is 27.2 Å². The molecule has 1 aromatic rings. The topological polar surface area (TPSA) is 45.4 Å². The molecule has 2 fully saturated rings. The van der Waals surface area contributed by atoms with Gasteiger partial charge >= 0.3 is 0 Å². The van der Waals surface area contributed by atoms with Crippen molar-refractivity contribution in [1.29, 1.82) is 0 Å². The lowest BCUT2D eigenvalue weighted by molar-refractivity contribution is 0.0390. The third-order valence-electron chi connectivity index (χ3n) is 4.68. The molecule has 0 aliphatic carbocycles. The molecule has 2 atom stereocenters. The van der Waals surface area contributed by atoms with Crippen molar-refractivity contribution in [1.82, 2.24) is 14.8 Å². The van der Waals surface area contributed by atoms with Crippen molar-refractivity contribution in [3.05, 3.63) is 11.1 Å². The van der Waals surface area contributed by atoms with Gasteiger partial charge in [-0.25, -0.2) is 4.98 Å². The highest BCUT2D eigenvalue weighted by atomic mass is 32.1. The minimum Gasteiger partial charge on any atom is -0.375 e. The monoisotopic (exact) mass is 280 g/mol. The maximum Gasteiger partial charge on any atom is 0.180 e. The Bertz CT molecular complexity index is 419. The Balaban J connectivity index is 1.51. The summed E-state index contributed by atoms with van der Waals surface area (Å²) in [7, 11) is 2.30. The number of piperidine rings is 2. The lowest BCUT2D eigenvalue weighted by Crippen LogP contribution is -2.52. The molecule has 2 aliphatic rings. The lowest BCUT2D eigenvalue weighted by Gasteiger charge is -2.46. The first-order valence-electron chi connectivity index (χ1n) is 7.35. The fourth-order valence-corrected chi connectivity index (χ4v) is 4.24. The van der Waals surface area contributed by atoms with Crippen molar-refractivity contribution in [2.24, 2.45) is 5.92 Å². The summed E-state index contributed by atoms with van der Waals surface area (Å²) in [5.41, 5.74) is 6.84. The number of thiazole rings is 1. The second-order valence-electron chi connectivity index (χ2n) is 5.97. The molecule has 19 heavy (non-hydrogen) atoms. The van der Waals surface area contributed by atoms with Gasteiger partial charge in [0, 0.05) is 30.9 Å². The van der Waals surface area contributed by atoms with E-state index in [9.17, 15) is 0 Å². The maximum atomic E-state index is 5.68. The van der Waals surface area contributed by atoms with Gasteiger partial charge in [0.2, 0.25) is 0 Å². The molecular formula is C14H24N4S. The van der Waals surface area contributed by atoms with Crippen molar-refractivity contribution in [2.45, 2.75) is 31.7 Å². The van der Waals surface area contributed by atoms with Crippen LogP contribution in [-0.4, -0.2) is 54.1 Å². The van der Waals surface area contributed by atoms with E-state index in [-0.39, 0.29) is 0 Å². The van der Waals surface area contributed by atoms with E-state index in [1.165, 1.54) is 38.9 Å². The van der Waals surface area contributed by atoms with Gasteiger partial charge in [-0.3, -0.25) is 0 Å². The summed E-state index contributed by atoms with van der Waals surface area (Å²) in [6.07, 6.45) is 5.16. The number of anilines is 1. The summed E-state index contributed by atoms with van der Waals surface area (Å²) in [4.78, 5) is 9.55. The summed E-state index contributed by atoms with van der Waals surface area (Å²) in [6.45, 7) is 4.94. The van der Waals surface area contributed by atoms with Crippen LogP contribution in [0.1, 0.15) is 25.0 Å². The van der Waals surface area contributed by atoms with Crippen molar-refractivity contribution < 1.29 is 0 Å². The maximum absolute atomic E-state index is 5.68. The zero-order valence-electron chi connectivity index (χ0n) is 11.7. The van der Waals surface area contributed by atoms with Gasteiger partial charge in [-0.15, -0.1) is 11.3 Å². The van der Waals surface area contributed by atoms with E-state index in [0.717, 1.165) is 30.6 Å². The van der Waals surface area contributed by atoms with Crippen LogP contribution >= 0.6 is 11.3 Å². The Kier molecular flexibility index (Phi) is 4.05. The average Bonchev–Trinajstić information content (AvgIpc) is 2.82. The number of likely N-dealkylation sites (tertiary alicyclic amines) is 2. The smallest absolute Gasteiger partial charge is 0.180 e. The molecule has 5 heteroatoms. The molecule has 0 amide bonds. The quantitative estimate of drug-likeness (QED) is 0.915. The molecule has 2 N–H and O–H groups in total. The van der Waals surface area contributed by atoms with Crippen LogP contribution in [0.3, 0.4) is 0 Å². The molecule has 106 valence electrons. The Hall–Kier alpha value is -0.650. The highest BCUT2D eigenvalue weighted by Crippen LogP contribution is 2.29. The molecule has 0 aromatic carbocycles. The fourth-order valence-electron chi connectivity index (χ4n) is 3.64. The first kappa shape index (κ1) is 13.3. The van der Waals surface area contributed by atoms with Gasteiger partial charge in [0.15, 0.2) is 5.13 Å². The molecule has 2 aliphatic heterocycles. The van der Waals surface area contributed by atoms with E-state index >= 15 is 0 Å². The number of fused-ring (bicyclic) bond motifs is 1. The zero-order valence-corrected chi connectivity index (χ0v) is 12.5. The molecule has 2 unspecified atom stereocenters. The predicted molar refractivity (Wildman–Crippen MR) is 80.4 cm³/mol.